The van der Waals surface area contributed by atoms with Crippen LogP contribution in [0.3, 0.4) is 0 Å². The van der Waals surface area contributed by atoms with Gasteiger partial charge in [-0.15, -0.1) is 0 Å². The van der Waals surface area contributed by atoms with Crippen molar-refractivity contribution in [3.05, 3.63) is 34.4 Å². The summed E-state index contributed by atoms with van der Waals surface area (Å²) < 4.78 is 0. The van der Waals surface area contributed by atoms with Gasteiger partial charge in [0.15, 0.2) is 0 Å². The SMILES string of the molecule is Cc1cc(C)c(CC(O)C(O)C(C)(C)C)c(C)c1. The number of aliphatic hydroxyl groups excluding tert-OH is 2. The van der Waals surface area contributed by atoms with Crippen LogP contribution in [0, 0.1) is 26.2 Å². The van der Waals surface area contributed by atoms with Crippen molar-refractivity contribution < 1.29 is 10.2 Å². The van der Waals surface area contributed by atoms with Crippen molar-refractivity contribution in [2.24, 2.45) is 5.41 Å². The van der Waals surface area contributed by atoms with Crippen molar-refractivity contribution >= 4 is 0 Å². The fourth-order valence-corrected chi connectivity index (χ4v) is 2.43. The van der Waals surface area contributed by atoms with Crippen LogP contribution in [0.15, 0.2) is 12.1 Å². The maximum Gasteiger partial charge on any atom is 0.0850 e. The highest BCUT2D eigenvalue weighted by molar-refractivity contribution is 5.38. The summed E-state index contributed by atoms with van der Waals surface area (Å²) in [5.74, 6) is 0. The zero-order valence-corrected chi connectivity index (χ0v) is 12.4. The van der Waals surface area contributed by atoms with Gasteiger partial charge in [-0.2, -0.15) is 0 Å². The molecule has 2 nitrogen and oxygen atoms in total. The van der Waals surface area contributed by atoms with Crippen LogP contribution in [0.25, 0.3) is 0 Å². The Morgan fingerprint density at radius 2 is 1.44 bits per heavy atom. The largest absolute Gasteiger partial charge is 0.390 e. The number of rotatable bonds is 3. The first kappa shape index (κ1) is 15.2. The van der Waals surface area contributed by atoms with E-state index in [9.17, 15) is 10.2 Å². The highest BCUT2D eigenvalue weighted by atomic mass is 16.3. The van der Waals surface area contributed by atoms with Gasteiger partial charge in [0, 0.05) is 6.42 Å². The van der Waals surface area contributed by atoms with Gasteiger partial charge in [0.05, 0.1) is 12.2 Å². The summed E-state index contributed by atoms with van der Waals surface area (Å²) in [4.78, 5) is 0. The molecule has 0 fully saturated rings. The number of hydrogen-bond acceptors (Lipinski definition) is 2. The van der Waals surface area contributed by atoms with Gasteiger partial charge >= 0.3 is 0 Å². The third-order valence-electron chi connectivity index (χ3n) is 3.51. The maximum absolute atomic E-state index is 10.2. The van der Waals surface area contributed by atoms with Crippen LogP contribution in [0.2, 0.25) is 0 Å². The predicted molar refractivity (Wildman–Crippen MR) is 75.8 cm³/mol. The molecule has 2 atom stereocenters. The minimum Gasteiger partial charge on any atom is -0.390 e. The summed E-state index contributed by atoms with van der Waals surface area (Å²) in [6.07, 6.45) is -0.918. The third kappa shape index (κ3) is 3.56. The number of aliphatic hydroxyl groups is 2. The second-order valence-corrected chi connectivity index (χ2v) is 6.46. The van der Waals surface area contributed by atoms with E-state index in [1.165, 1.54) is 16.7 Å². The Bertz CT molecular complexity index is 393. The molecule has 1 rings (SSSR count). The lowest BCUT2D eigenvalue weighted by atomic mass is 9.83. The molecule has 102 valence electrons. The molecule has 2 N–H and O–H groups in total. The van der Waals surface area contributed by atoms with Crippen molar-refractivity contribution in [2.45, 2.75) is 60.2 Å². The zero-order valence-electron chi connectivity index (χ0n) is 12.4. The van der Waals surface area contributed by atoms with E-state index in [-0.39, 0.29) is 5.41 Å². The van der Waals surface area contributed by atoms with Gasteiger partial charge in [-0.25, -0.2) is 0 Å². The second kappa shape index (κ2) is 5.41. The van der Waals surface area contributed by atoms with Crippen LogP contribution in [0.5, 0.6) is 0 Å². The van der Waals surface area contributed by atoms with Crippen molar-refractivity contribution in [2.75, 3.05) is 0 Å². The average Bonchev–Trinajstić information content (AvgIpc) is 2.20. The zero-order chi connectivity index (χ0) is 14.1. The average molecular weight is 250 g/mol. The maximum atomic E-state index is 10.2. The molecular weight excluding hydrogens is 224 g/mol. The molecule has 0 aliphatic heterocycles. The molecule has 0 saturated heterocycles. The van der Waals surface area contributed by atoms with E-state index in [0.717, 1.165) is 5.56 Å². The molecule has 1 aromatic rings. The standard InChI is InChI=1S/C16H26O2/c1-10-7-11(2)13(12(3)8-10)9-14(17)15(18)16(4,5)6/h7-8,14-15,17-18H,9H2,1-6H3. The summed E-state index contributed by atoms with van der Waals surface area (Å²) in [6.45, 7) is 12.0. The fourth-order valence-electron chi connectivity index (χ4n) is 2.43. The van der Waals surface area contributed by atoms with Crippen molar-refractivity contribution in [1.82, 2.24) is 0 Å². The van der Waals surface area contributed by atoms with E-state index in [1.54, 1.807) is 0 Å². The van der Waals surface area contributed by atoms with E-state index < -0.39 is 12.2 Å². The van der Waals surface area contributed by atoms with Gasteiger partial charge in [-0.3, -0.25) is 0 Å². The first-order chi connectivity index (χ1) is 8.12. The molecule has 1 aromatic carbocycles. The Labute approximate surface area is 111 Å². The lowest BCUT2D eigenvalue weighted by Crippen LogP contribution is -2.39. The Hall–Kier alpha value is -0.860. The summed E-state index contributed by atoms with van der Waals surface area (Å²) in [5.41, 5.74) is 4.46. The van der Waals surface area contributed by atoms with Gasteiger partial charge in [0.2, 0.25) is 0 Å². The lowest BCUT2D eigenvalue weighted by Gasteiger charge is -2.30. The van der Waals surface area contributed by atoms with Crippen LogP contribution < -0.4 is 0 Å². The lowest BCUT2D eigenvalue weighted by molar-refractivity contribution is -0.0435. The van der Waals surface area contributed by atoms with Gasteiger partial charge in [0.1, 0.15) is 0 Å². The Kier molecular flexibility index (Phi) is 4.57. The van der Waals surface area contributed by atoms with Gasteiger partial charge in [0.25, 0.3) is 0 Å². The molecule has 2 heteroatoms. The first-order valence-corrected chi connectivity index (χ1v) is 6.55. The normalized spacial score (nSPS) is 15.6. The fraction of sp³-hybridized carbons (Fsp3) is 0.625. The first-order valence-electron chi connectivity index (χ1n) is 6.55. The number of hydrogen-bond donors (Lipinski definition) is 2. The van der Waals surface area contributed by atoms with E-state index in [1.807, 2.05) is 20.8 Å². The van der Waals surface area contributed by atoms with Crippen LogP contribution in [0.1, 0.15) is 43.0 Å². The topological polar surface area (TPSA) is 40.5 Å². The quantitative estimate of drug-likeness (QED) is 0.866. The highest BCUT2D eigenvalue weighted by Crippen LogP contribution is 2.25. The molecule has 18 heavy (non-hydrogen) atoms. The molecule has 0 saturated carbocycles. The van der Waals surface area contributed by atoms with Crippen molar-refractivity contribution in [3.63, 3.8) is 0 Å². The Morgan fingerprint density at radius 3 is 1.83 bits per heavy atom. The molecule has 0 amide bonds. The van der Waals surface area contributed by atoms with E-state index in [4.69, 9.17) is 0 Å². The van der Waals surface area contributed by atoms with Crippen molar-refractivity contribution in [3.8, 4) is 0 Å². The molecule has 0 radical (unpaired) electrons. The monoisotopic (exact) mass is 250 g/mol. The Balaban J connectivity index is 2.92. The molecular formula is C16H26O2. The van der Waals surface area contributed by atoms with E-state index in [0.29, 0.717) is 6.42 Å². The van der Waals surface area contributed by atoms with Crippen LogP contribution in [-0.4, -0.2) is 22.4 Å². The predicted octanol–water partition coefficient (Wildman–Crippen LogP) is 2.92. The minimum atomic E-state index is -0.717. The van der Waals surface area contributed by atoms with Crippen molar-refractivity contribution in [1.29, 1.82) is 0 Å². The Morgan fingerprint density at radius 1 is 1.00 bits per heavy atom. The summed E-state index contributed by atoms with van der Waals surface area (Å²) in [5, 5.41) is 20.3. The van der Waals surface area contributed by atoms with Crippen LogP contribution in [0.4, 0.5) is 0 Å². The van der Waals surface area contributed by atoms with E-state index >= 15 is 0 Å². The number of benzene rings is 1. The van der Waals surface area contributed by atoms with Gasteiger partial charge in [-0.1, -0.05) is 38.5 Å². The molecule has 0 spiro atoms. The number of aryl methyl sites for hydroxylation is 3. The molecule has 0 aromatic heterocycles. The molecule has 0 aliphatic carbocycles. The van der Waals surface area contributed by atoms with Gasteiger partial charge in [-0.05, 0) is 42.9 Å². The second-order valence-electron chi connectivity index (χ2n) is 6.46. The third-order valence-corrected chi connectivity index (χ3v) is 3.51. The molecule has 0 bridgehead atoms. The summed E-state index contributed by atoms with van der Waals surface area (Å²) in [6, 6.07) is 4.25. The minimum absolute atomic E-state index is 0.300. The molecule has 2 unspecified atom stereocenters. The van der Waals surface area contributed by atoms with Gasteiger partial charge < -0.3 is 10.2 Å². The molecule has 0 aliphatic rings. The molecule has 0 heterocycles. The van der Waals surface area contributed by atoms with Crippen LogP contribution >= 0.6 is 0 Å². The summed E-state index contributed by atoms with van der Waals surface area (Å²) >= 11 is 0. The smallest absolute Gasteiger partial charge is 0.0850 e. The highest BCUT2D eigenvalue weighted by Gasteiger charge is 2.29. The summed E-state index contributed by atoms with van der Waals surface area (Å²) in [7, 11) is 0. The van der Waals surface area contributed by atoms with Crippen LogP contribution in [-0.2, 0) is 6.42 Å². The van der Waals surface area contributed by atoms with E-state index in [2.05, 4.69) is 32.9 Å².